The first-order chi connectivity index (χ1) is 7.36. The fourth-order valence-electron chi connectivity index (χ4n) is 2.53. The molecule has 0 bridgehead atoms. The molecular formula is C12H21NO2. The number of carbonyl (C=O) groups excluding carboxylic acids is 1. The van der Waals surface area contributed by atoms with Gasteiger partial charge in [0.25, 0.3) is 0 Å². The number of amides is 1. The van der Waals surface area contributed by atoms with Crippen molar-refractivity contribution in [1.82, 2.24) is 5.32 Å². The van der Waals surface area contributed by atoms with Crippen LogP contribution in [0.2, 0.25) is 0 Å². The Hall–Kier alpha value is -0.570. The molecule has 1 saturated carbocycles. The van der Waals surface area contributed by atoms with E-state index in [1.807, 2.05) is 0 Å². The maximum absolute atomic E-state index is 11.7. The molecule has 0 aromatic rings. The van der Waals surface area contributed by atoms with Crippen LogP contribution in [0.1, 0.15) is 38.5 Å². The fourth-order valence-corrected chi connectivity index (χ4v) is 2.53. The van der Waals surface area contributed by atoms with Gasteiger partial charge in [-0.15, -0.1) is 0 Å². The first-order valence-corrected chi connectivity index (χ1v) is 6.21. The third-order valence-electron chi connectivity index (χ3n) is 3.63. The lowest BCUT2D eigenvalue weighted by molar-refractivity contribution is -0.125. The average molecular weight is 211 g/mol. The summed E-state index contributed by atoms with van der Waals surface area (Å²) in [6, 6.07) is 0. The summed E-state index contributed by atoms with van der Waals surface area (Å²) in [7, 11) is 0. The Bertz CT molecular complexity index is 206. The Kier molecular flexibility index (Phi) is 4.01. The first kappa shape index (κ1) is 10.9. The Morgan fingerprint density at radius 3 is 2.47 bits per heavy atom. The topological polar surface area (TPSA) is 38.3 Å². The number of hydrogen-bond donors (Lipinski definition) is 1. The van der Waals surface area contributed by atoms with Gasteiger partial charge >= 0.3 is 0 Å². The molecule has 1 amide bonds. The van der Waals surface area contributed by atoms with Gasteiger partial charge in [0.1, 0.15) is 0 Å². The molecule has 0 radical (unpaired) electrons. The Balaban J connectivity index is 1.65. The number of rotatable bonds is 3. The number of nitrogens with one attached hydrogen (secondary N) is 1. The summed E-state index contributed by atoms with van der Waals surface area (Å²) in [5, 5.41) is 3.10. The second-order valence-corrected chi connectivity index (χ2v) is 4.78. The van der Waals surface area contributed by atoms with Gasteiger partial charge in [0.2, 0.25) is 5.91 Å². The van der Waals surface area contributed by atoms with Gasteiger partial charge < -0.3 is 10.1 Å². The van der Waals surface area contributed by atoms with Gasteiger partial charge in [-0.1, -0.05) is 12.8 Å². The molecule has 1 aliphatic heterocycles. The summed E-state index contributed by atoms with van der Waals surface area (Å²) in [6.07, 6.45) is 6.86. The highest BCUT2D eigenvalue weighted by molar-refractivity contribution is 5.78. The van der Waals surface area contributed by atoms with Crippen molar-refractivity contribution in [3.8, 4) is 0 Å². The summed E-state index contributed by atoms with van der Waals surface area (Å²) in [4.78, 5) is 11.7. The SMILES string of the molecule is O=C(NCC1CCOCC1)C1CCCC1. The van der Waals surface area contributed by atoms with Gasteiger partial charge in [0.05, 0.1) is 0 Å². The molecule has 0 spiro atoms. The molecule has 2 rings (SSSR count). The van der Waals surface area contributed by atoms with Gasteiger partial charge in [-0.05, 0) is 31.6 Å². The summed E-state index contributed by atoms with van der Waals surface area (Å²) >= 11 is 0. The minimum absolute atomic E-state index is 0.291. The molecule has 1 saturated heterocycles. The molecule has 15 heavy (non-hydrogen) atoms. The van der Waals surface area contributed by atoms with Crippen molar-refractivity contribution in [2.75, 3.05) is 19.8 Å². The summed E-state index contributed by atoms with van der Waals surface area (Å²) < 4.78 is 5.29. The van der Waals surface area contributed by atoms with Crippen LogP contribution in [0.5, 0.6) is 0 Å². The largest absolute Gasteiger partial charge is 0.381 e. The van der Waals surface area contributed by atoms with Gasteiger partial charge in [-0.25, -0.2) is 0 Å². The molecular weight excluding hydrogens is 190 g/mol. The van der Waals surface area contributed by atoms with Gasteiger partial charge in [0, 0.05) is 25.7 Å². The molecule has 1 N–H and O–H groups in total. The van der Waals surface area contributed by atoms with E-state index >= 15 is 0 Å². The second-order valence-electron chi connectivity index (χ2n) is 4.78. The second kappa shape index (κ2) is 5.50. The van der Waals surface area contributed by atoms with Crippen molar-refractivity contribution in [3.05, 3.63) is 0 Å². The van der Waals surface area contributed by atoms with Crippen molar-refractivity contribution < 1.29 is 9.53 Å². The van der Waals surface area contributed by atoms with E-state index in [0.717, 1.165) is 45.4 Å². The van der Waals surface area contributed by atoms with Crippen LogP contribution in [-0.2, 0) is 9.53 Å². The van der Waals surface area contributed by atoms with Gasteiger partial charge in [-0.2, -0.15) is 0 Å². The maximum atomic E-state index is 11.7. The van der Waals surface area contributed by atoms with E-state index in [9.17, 15) is 4.79 Å². The van der Waals surface area contributed by atoms with Crippen LogP contribution in [0.4, 0.5) is 0 Å². The van der Waals surface area contributed by atoms with Crippen molar-refractivity contribution in [2.24, 2.45) is 11.8 Å². The van der Waals surface area contributed by atoms with Crippen molar-refractivity contribution in [3.63, 3.8) is 0 Å². The highest BCUT2D eigenvalue weighted by Gasteiger charge is 2.23. The minimum Gasteiger partial charge on any atom is -0.381 e. The smallest absolute Gasteiger partial charge is 0.223 e. The molecule has 2 fully saturated rings. The summed E-state index contributed by atoms with van der Waals surface area (Å²) in [6.45, 7) is 2.59. The van der Waals surface area contributed by atoms with Crippen LogP contribution >= 0.6 is 0 Å². The van der Waals surface area contributed by atoms with E-state index in [1.54, 1.807) is 0 Å². The Morgan fingerprint density at radius 1 is 1.13 bits per heavy atom. The van der Waals surface area contributed by atoms with E-state index < -0.39 is 0 Å². The van der Waals surface area contributed by atoms with E-state index in [1.165, 1.54) is 12.8 Å². The van der Waals surface area contributed by atoms with E-state index in [-0.39, 0.29) is 0 Å². The van der Waals surface area contributed by atoms with Crippen molar-refractivity contribution in [1.29, 1.82) is 0 Å². The zero-order chi connectivity index (χ0) is 10.5. The van der Waals surface area contributed by atoms with E-state index in [0.29, 0.717) is 17.7 Å². The normalized spacial score (nSPS) is 24.3. The van der Waals surface area contributed by atoms with Gasteiger partial charge in [0.15, 0.2) is 0 Å². The molecule has 1 heterocycles. The quantitative estimate of drug-likeness (QED) is 0.772. The van der Waals surface area contributed by atoms with E-state index in [2.05, 4.69) is 5.32 Å². The van der Waals surface area contributed by atoms with Gasteiger partial charge in [-0.3, -0.25) is 4.79 Å². The summed E-state index contributed by atoms with van der Waals surface area (Å²) in [5.74, 6) is 1.24. The number of ether oxygens (including phenoxy) is 1. The van der Waals surface area contributed by atoms with Crippen LogP contribution in [-0.4, -0.2) is 25.7 Å². The number of carbonyl (C=O) groups is 1. The maximum Gasteiger partial charge on any atom is 0.223 e. The predicted octanol–water partition coefficient (Wildman–Crippen LogP) is 1.72. The lowest BCUT2D eigenvalue weighted by Gasteiger charge is -2.22. The van der Waals surface area contributed by atoms with Crippen LogP contribution in [0.25, 0.3) is 0 Å². The summed E-state index contributed by atoms with van der Waals surface area (Å²) in [5.41, 5.74) is 0. The number of hydrogen-bond acceptors (Lipinski definition) is 2. The molecule has 1 aliphatic carbocycles. The predicted molar refractivity (Wildman–Crippen MR) is 58.5 cm³/mol. The molecule has 0 aromatic carbocycles. The highest BCUT2D eigenvalue weighted by Crippen LogP contribution is 2.24. The zero-order valence-corrected chi connectivity index (χ0v) is 9.34. The molecule has 0 aromatic heterocycles. The average Bonchev–Trinajstić information content (AvgIpc) is 2.81. The molecule has 3 heteroatoms. The fraction of sp³-hybridized carbons (Fsp3) is 0.917. The van der Waals surface area contributed by atoms with E-state index in [4.69, 9.17) is 4.74 Å². The van der Waals surface area contributed by atoms with Crippen LogP contribution in [0.3, 0.4) is 0 Å². The monoisotopic (exact) mass is 211 g/mol. The zero-order valence-electron chi connectivity index (χ0n) is 9.34. The van der Waals surface area contributed by atoms with Crippen LogP contribution in [0.15, 0.2) is 0 Å². The van der Waals surface area contributed by atoms with Crippen molar-refractivity contribution >= 4 is 5.91 Å². The molecule has 2 aliphatic rings. The first-order valence-electron chi connectivity index (χ1n) is 6.21. The molecule has 0 unspecified atom stereocenters. The Morgan fingerprint density at radius 2 is 1.80 bits per heavy atom. The van der Waals surface area contributed by atoms with Crippen LogP contribution in [0, 0.1) is 11.8 Å². The third-order valence-corrected chi connectivity index (χ3v) is 3.63. The Labute approximate surface area is 91.6 Å². The lowest BCUT2D eigenvalue weighted by atomic mass is 10.00. The molecule has 86 valence electrons. The minimum atomic E-state index is 0.291. The van der Waals surface area contributed by atoms with Crippen LogP contribution < -0.4 is 5.32 Å². The third kappa shape index (κ3) is 3.20. The standard InChI is InChI=1S/C12H21NO2/c14-12(11-3-1-2-4-11)13-9-10-5-7-15-8-6-10/h10-11H,1-9H2,(H,13,14). The molecule has 0 atom stereocenters. The lowest BCUT2D eigenvalue weighted by Crippen LogP contribution is -2.35. The molecule has 3 nitrogen and oxygen atoms in total. The highest BCUT2D eigenvalue weighted by atomic mass is 16.5. The van der Waals surface area contributed by atoms with Crippen molar-refractivity contribution in [2.45, 2.75) is 38.5 Å².